The SMILES string of the molecule is CC1CC(C)(C)CCC1NOCC(N)=O. The number of carbonyl (C=O) groups is 1. The maximum Gasteiger partial charge on any atom is 0.245 e. The fourth-order valence-corrected chi connectivity index (χ4v) is 2.34. The molecule has 1 aliphatic carbocycles. The lowest BCUT2D eigenvalue weighted by Gasteiger charge is -2.39. The minimum absolute atomic E-state index is 0.0490. The highest BCUT2D eigenvalue weighted by atomic mass is 16.6. The minimum Gasteiger partial charge on any atom is -0.368 e. The van der Waals surface area contributed by atoms with Crippen molar-refractivity contribution < 1.29 is 9.63 Å². The van der Waals surface area contributed by atoms with Gasteiger partial charge in [0.25, 0.3) is 0 Å². The molecule has 0 aliphatic heterocycles. The molecular formula is C11H22N2O2. The van der Waals surface area contributed by atoms with Crippen molar-refractivity contribution in [2.75, 3.05) is 6.61 Å². The second kappa shape index (κ2) is 4.94. The van der Waals surface area contributed by atoms with Gasteiger partial charge >= 0.3 is 0 Å². The first kappa shape index (κ1) is 12.5. The number of nitrogens with one attached hydrogen (secondary N) is 1. The van der Waals surface area contributed by atoms with Crippen molar-refractivity contribution >= 4 is 5.91 Å². The van der Waals surface area contributed by atoms with Crippen molar-refractivity contribution in [2.45, 2.75) is 46.1 Å². The molecule has 0 aromatic heterocycles. The molecule has 0 spiro atoms. The molecule has 88 valence electrons. The minimum atomic E-state index is -0.439. The van der Waals surface area contributed by atoms with Crippen molar-refractivity contribution in [1.82, 2.24) is 5.48 Å². The Morgan fingerprint density at radius 1 is 1.60 bits per heavy atom. The largest absolute Gasteiger partial charge is 0.368 e. The number of nitrogens with two attached hydrogens (primary N) is 1. The standard InChI is InChI=1S/C11H22N2O2/c1-8-6-11(2,3)5-4-9(8)13-15-7-10(12)14/h8-9,13H,4-7H2,1-3H3,(H2,12,14). The van der Waals surface area contributed by atoms with Crippen molar-refractivity contribution in [3.63, 3.8) is 0 Å². The van der Waals surface area contributed by atoms with Gasteiger partial charge in [0.05, 0.1) is 0 Å². The number of carbonyl (C=O) groups excluding carboxylic acids is 1. The summed E-state index contributed by atoms with van der Waals surface area (Å²) in [5, 5.41) is 0. The molecule has 15 heavy (non-hydrogen) atoms. The summed E-state index contributed by atoms with van der Waals surface area (Å²) < 4.78 is 0. The predicted octanol–water partition coefficient (Wildman–Crippen LogP) is 1.21. The lowest BCUT2D eigenvalue weighted by atomic mass is 9.71. The van der Waals surface area contributed by atoms with Gasteiger partial charge in [0.1, 0.15) is 6.61 Å². The molecule has 0 aromatic carbocycles. The summed E-state index contributed by atoms with van der Waals surface area (Å²) >= 11 is 0. The van der Waals surface area contributed by atoms with E-state index in [1.54, 1.807) is 0 Å². The Balaban J connectivity index is 2.29. The summed E-state index contributed by atoms with van der Waals surface area (Å²) in [4.78, 5) is 15.5. The molecule has 2 atom stereocenters. The summed E-state index contributed by atoms with van der Waals surface area (Å²) in [6.45, 7) is 6.76. The van der Waals surface area contributed by atoms with Gasteiger partial charge in [-0.25, -0.2) is 0 Å². The molecule has 3 N–H and O–H groups in total. The molecule has 4 nitrogen and oxygen atoms in total. The van der Waals surface area contributed by atoms with Crippen molar-refractivity contribution in [3.05, 3.63) is 0 Å². The van der Waals surface area contributed by atoms with Gasteiger partial charge in [-0.2, -0.15) is 5.48 Å². The van der Waals surface area contributed by atoms with Gasteiger partial charge in [-0.3, -0.25) is 9.63 Å². The van der Waals surface area contributed by atoms with E-state index in [9.17, 15) is 4.79 Å². The maximum absolute atomic E-state index is 10.5. The first-order chi connectivity index (χ1) is 6.91. The Morgan fingerprint density at radius 2 is 2.27 bits per heavy atom. The van der Waals surface area contributed by atoms with E-state index in [0.717, 1.165) is 6.42 Å². The van der Waals surface area contributed by atoms with Crippen LogP contribution in [0.5, 0.6) is 0 Å². The average molecular weight is 214 g/mol. The van der Waals surface area contributed by atoms with E-state index in [1.165, 1.54) is 12.8 Å². The van der Waals surface area contributed by atoms with Crippen LogP contribution in [0.4, 0.5) is 0 Å². The van der Waals surface area contributed by atoms with Crippen LogP contribution in [0.25, 0.3) is 0 Å². The summed E-state index contributed by atoms with van der Waals surface area (Å²) in [6, 6.07) is 0.345. The van der Waals surface area contributed by atoms with E-state index in [-0.39, 0.29) is 6.61 Å². The molecule has 1 rings (SSSR count). The highest BCUT2D eigenvalue weighted by Crippen LogP contribution is 2.38. The predicted molar refractivity (Wildman–Crippen MR) is 58.9 cm³/mol. The zero-order chi connectivity index (χ0) is 11.5. The zero-order valence-electron chi connectivity index (χ0n) is 9.88. The number of primary amides is 1. The molecule has 0 heterocycles. The Hall–Kier alpha value is -0.610. The zero-order valence-corrected chi connectivity index (χ0v) is 9.88. The smallest absolute Gasteiger partial charge is 0.245 e. The van der Waals surface area contributed by atoms with Gasteiger partial charge in [0.2, 0.25) is 5.91 Å². The van der Waals surface area contributed by atoms with E-state index < -0.39 is 5.91 Å². The van der Waals surface area contributed by atoms with Gasteiger partial charge < -0.3 is 5.73 Å². The van der Waals surface area contributed by atoms with E-state index >= 15 is 0 Å². The molecule has 0 bridgehead atoms. The van der Waals surface area contributed by atoms with E-state index in [2.05, 4.69) is 26.3 Å². The summed E-state index contributed by atoms with van der Waals surface area (Å²) in [5.74, 6) is 0.132. The lowest BCUT2D eigenvalue weighted by Crippen LogP contribution is -2.42. The van der Waals surface area contributed by atoms with Crippen molar-refractivity contribution in [3.8, 4) is 0 Å². The molecule has 0 aromatic rings. The van der Waals surface area contributed by atoms with E-state index in [4.69, 9.17) is 10.6 Å². The van der Waals surface area contributed by atoms with Crippen molar-refractivity contribution in [2.24, 2.45) is 17.1 Å². The lowest BCUT2D eigenvalue weighted by molar-refractivity contribution is -0.127. The summed E-state index contributed by atoms with van der Waals surface area (Å²) in [5.41, 5.74) is 8.35. The molecule has 1 saturated carbocycles. The molecule has 1 amide bonds. The van der Waals surface area contributed by atoms with Gasteiger partial charge in [-0.05, 0) is 30.6 Å². The second-order valence-electron chi connectivity index (χ2n) is 5.36. The normalized spacial score (nSPS) is 30.1. The molecule has 4 heteroatoms. The maximum atomic E-state index is 10.5. The summed E-state index contributed by atoms with van der Waals surface area (Å²) in [6.07, 6.45) is 3.46. The third kappa shape index (κ3) is 4.18. The van der Waals surface area contributed by atoms with Crippen LogP contribution in [-0.2, 0) is 9.63 Å². The van der Waals surface area contributed by atoms with Crippen LogP contribution in [-0.4, -0.2) is 18.6 Å². The van der Waals surface area contributed by atoms with E-state index in [1.807, 2.05) is 0 Å². The van der Waals surface area contributed by atoms with E-state index in [0.29, 0.717) is 17.4 Å². The molecular weight excluding hydrogens is 192 g/mol. The Kier molecular flexibility index (Phi) is 4.11. The first-order valence-electron chi connectivity index (χ1n) is 5.56. The van der Waals surface area contributed by atoms with Crippen molar-refractivity contribution in [1.29, 1.82) is 0 Å². The molecule has 0 saturated heterocycles. The highest BCUT2D eigenvalue weighted by Gasteiger charge is 2.32. The van der Waals surface area contributed by atoms with Crippen LogP contribution in [0.15, 0.2) is 0 Å². The van der Waals surface area contributed by atoms with Crippen LogP contribution < -0.4 is 11.2 Å². The van der Waals surface area contributed by atoms with Crippen LogP contribution in [0.2, 0.25) is 0 Å². The van der Waals surface area contributed by atoms with Crippen LogP contribution in [0.3, 0.4) is 0 Å². The van der Waals surface area contributed by atoms with Crippen LogP contribution >= 0.6 is 0 Å². The third-order valence-electron chi connectivity index (χ3n) is 3.14. The van der Waals surface area contributed by atoms with Gasteiger partial charge in [-0.15, -0.1) is 0 Å². The van der Waals surface area contributed by atoms with Crippen LogP contribution in [0, 0.1) is 11.3 Å². The number of rotatable bonds is 4. The molecule has 2 unspecified atom stereocenters. The van der Waals surface area contributed by atoms with Gasteiger partial charge in [0.15, 0.2) is 0 Å². The fourth-order valence-electron chi connectivity index (χ4n) is 2.34. The Labute approximate surface area is 91.5 Å². The second-order valence-corrected chi connectivity index (χ2v) is 5.36. The third-order valence-corrected chi connectivity index (χ3v) is 3.14. The number of amides is 1. The van der Waals surface area contributed by atoms with Gasteiger partial charge in [0, 0.05) is 6.04 Å². The highest BCUT2D eigenvalue weighted by molar-refractivity contribution is 5.74. The quantitative estimate of drug-likeness (QED) is 0.691. The van der Waals surface area contributed by atoms with Gasteiger partial charge in [-0.1, -0.05) is 20.8 Å². The Bertz CT molecular complexity index is 229. The summed E-state index contributed by atoms with van der Waals surface area (Å²) in [7, 11) is 0. The number of hydrogen-bond donors (Lipinski definition) is 2. The topological polar surface area (TPSA) is 64.3 Å². The monoisotopic (exact) mass is 214 g/mol. The molecule has 0 radical (unpaired) electrons. The fraction of sp³-hybridized carbons (Fsp3) is 0.909. The average Bonchev–Trinajstić information content (AvgIpc) is 2.07. The molecule has 1 aliphatic rings. The molecule has 1 fully saturated rings. The van der Waals surface area contributed by atoms with Crippen LogP contribution in [0.1, 0.15) is 40.0 Å². The first-order valence-corrected chi connectivity index (χ1v) is 5.56. The Morgan fingerprint density at radius 3 is 2.80 bits per heavy atom. The number of hydrogen-bond acceptors (Lipinski definition) is 3. The number of hydroxylamine groups is 1.